The maximum Gasteiger partial charge on any atom is 0.246 e. The predicted molar refractivity (Wildman–Crippen MR) is 70.2 cm³/mol. The number of hydrogen-bond donors (Lipinski definition) is 1. The summed E-state index contributed by atoms with van der Waals surface area (Å²) in [6.07, 6.45) is 10.2. The minimum absolute atomic E-state index is 0.0139. The van der Waals surface area contributed by atoms with Crippen LogP contribution in [0.3, 0.4) is 0 Å². The summed E-state index contributed by atoms with van der Waals surface area (Å²) in [7, 11) is 0. The highest BCUT2D eigenvalue weighted by Gasteiger charge is 1.99. The monoisotopic (exact) mass is 221 g/mol. The number of hydrogen-bond acceptors (Lipinski definition) is 1. The van der Waals surface area contributed by atoms with E-state index < -0.39 is 0 Å². The molecule has 0 radical (unpaired) electrons. The molecular formula is C14H23NO. The summed E-state index contributed by atoms with van der Waals surface area (Å²) in [5.74, 6) is 0.0139. The molecule has 90 valence electrons. The molecule has 0 atom stereocenters. The fourth-order valence-corrected chi connectivity index (χ4v) is 1.17. The lowest BCUT2D eigenvalue weighted by Crippen LogP contribution is -2.24. The Morgan fingerprint density at radius 3 is 2.50 bits per heavy atom. The van der Waals surface area contributed by atoms with Gasteiger partial charge in [0.05, 0.1) is 0 Å². The second kappa shape index (κ2) is 8.96. The number of nitrogens with one attached hydrogen (secondary N) is 1. The quantitative estimate of drug-likeness (QED) is 0.540. The van der Waals surface area contributed by atoms with Gasteiger partial charge in [-0.25, -0.2) is 0 Å². The zero-order valence-electron chi connectivity index (χ0n) is 10.8. The van der Waals surface area contributed by atoms with Crippen LogP contribution in [-0.2, 0) is 4.79 Å². The summed E-state index contributed by atoms with van der Waals surface area (Å²) in [4.78, 5) is 11.4. The van der Waals surface area contributed by atoms with Crippen LogP contribution >= 0.6 is 0 Å². The molecule has 2 heteroatoms. The molecule has 0 heterocycles. The fraction of sp³-hybridized carbons (Fsp3) is 0.500. The standard InChI is InChI=1S/C14H23NO/c1-5-7-8-9-12(3)10-11-15-14(16)13(4)6-2/h5-7,10H,8-9,11H2,1-4H3,(H,15,16)/b7-5+,12-10+,13-6+. The van der Waals surface area contributed by atoms with E-state index in [2.05, 4.69) is 30.5 Å². The van der Waals surface area contributed by atoms with E-state index in [9.17, 15) is 4.79 Å². The molecule has 0 bridgehead atoms. The molecule has 0 aromatic rings. The van der Waals surface area contributed by atoms with Gasteiger partial charge in [-0.3, -0.25) is 4.79 Å². The molecular weight excluding hydrogens is 198 g/mol. The van der Waals surface area contributed by atoms with Crippen molar-refractivity contribution in [1.82, 2.24) is 5.32 Å². The van der Waals surface area contributed by atoms with E-state index in [0.29, 0.717) is 6.54 Å². The Balaban J connectivity index is 3.86. The largest absolute Gasteiger partial charge is 0.349 e. The van der Waals surface area contributed by atoms with Gasteiger partial charge in [-0.15, -0.1) is 0 Å². The molecule has 0 aliphatic heterocycles. The maximum atomic E-state index is 11.4. The summed E-state index contributed by atoms with van der Waals surface area (Å²) in [5.41, 5.74) is 2.08. The normalized spacial score (nSPS) is 13.2. The second-order valence-corrected chi connectivity index (χ2v) is 3.84. The average molecular weight is 221 g/mol. The molecule has 0 rings (SSSR count). The molecule has 0 fully saturated rings. The summed E-state index contributed by atoms with van der Waals surface area (Å²) in [6.45, 7) is 8.42. The first-order valence-electron chi connectivity index (χ1n) is 5.79. The highest BCUT2D eigenvalue weighted by atomic mass is 16.1. The van der Waals surface area contributed by atoms with E-state index in [0.717, 1.165) is 18.4 Å². The fourth-order valence-electron chi connectivity index (χ4n) is 1.17. The molecule has 16 heavy (non-hydrogen) atoms. The zero-order chi connectivity index (χ0) is 12.4. The van der Waals surface area contributed by atoms with Crippen molar-refractivity contribution < 1.29 is 4.79 Å². The first-order valence-corrected chi connectivity index (χ1v) is 5.79. The number of rotatable bonds is 6. The third kappa shape index (κ3) is 7.04. The van der Waals surface area contributed by atoms with E-state index in [-0.39, 0.29) is 5.91 Å². The van der Waals surface area contributed by atoms with Crippen molar-refractivity contribution in [3.8, 4) is 0 Å². The maximum absolute atomic E-state index is 11.4. The third-order valence-electron chi connectivity index (χ3n) is 2.45. The van der Waals surface area contributed by atoms with Crippen LogP contribution in [0.1, 0.15) is 40.5 Å². The molecule has 0 saturated carbocycles. The molecule has 1 N–H and O–H groups in total. The van der Waals surface area contributed by atoms with Gasteiger partial charge in [0.15, 0.2) is 0 Å². The Morgan fingerprint density at radius 1 is 1.25 bits per heavy atom. The Kier molecular flexibility index (Phi) is 8.22. The van der Waals surface area contributed by atoms with Gasteiger partial charge in [0, 0.05) is 12.1 Å². The van der Waals surface area contributed by atoms with E-state index in [4.69, 9.17) is 0 Å². The van der Waals surface area contributed by atoms with Crippen molar-refractivity contribution in [2.45, 2.75) is 40.5 Å². The molecule has 0 spiro atoms. The van der Waals surface area contributed by atoms with E-state index in [1.807, 2.05) is 26.8 Å². The van der Waals surface area contributed by atoms with Gasteiger partial charge in [0.1, 0.15) is 0 Å². The van der Waals surface area contributed by atoms with E-state index >= 15 is 0 Å². The van der Waals surface area contributed by atoms with Crippen LogP contribution in [0.2, 0.25) is 0 Å². The highest BCUT2D eigenvalue weighted by molar-refractivity contribution is 5.92. The van der Waals surface area contributed by atoms with Gasteiger partial charge in [0.2, 0.25) is 5.91 Å². The Hall–Kier alpha value is -1.31. The number of amides is 1. The van der Waals surface area contributed by atoms with Crippen LogP contribution in [0.4, 0.5) is 0 Å². The number of allylic oxidation sites excluding steroid dienone is 4. The van der Waals surface area contributed by atoms with Crippen molar-refractivity contribution in [3.63, 3.8) is 0 Å². The average Bonchev–Trinajstić information content (AvgIpc) is 2.28. The molecule has 1 amide bonds. The van der Waals surface area contributed by atoms with Gasteiger partial charge < -0.3 is 5.32 Å². The van der Waals surface area contributed by atoms with Gasteiger partial charge in [-0.1, -0.05) is 29.9 Å². The van der Waals surface area contributed by atoms with Gasteiger partial charge in [-0.05, 0) is 40.5 Å². The summed E-state index contributed by atoms with van der Waals surface area (Å²) in [5, 5.41) is 2.85. The molecule has 0 aromatic heterocycles. The third-order valence-corrected chi connectivity index (χ3v) is 2.45. The molecule has 0 aliphatic rings. The topological polar surface area (TPSA) is 29.1 Å². The Labute approximate surface area is 99.1 Å². The van der Waals surface area contributed by atoms with Crippen LogP contribution < -0.4 is 5.32 Å². The predicted octanol–water partition coefficient (Wildman–Crippen LogP) is 3.37. The molecule has 2 nitrogen and oxygen atoms in total. The highest BCUT2D eigenvalue weighted by Crippen LogP contribution is 2.03. The van der Waals surface area contributed by atoms with E-state index in [1.165, 1.54) is 5.57 Å². The molecule has 0 saturated heterocycles. The van der Waals surface area contributed by atoms with Crippen molar-refractivity contribution in [2.24, 2.45) is 0 Å². The van der Waals surface area contributed by atoms with Crippen LogP contribution in [0, 0.1) is 0 Å². The zero-order valence-corrected chi connectivity index (χ0v) is 10.8. The molecule has 0 aliphatic carbocycles. The summed E-state index contributed by atoms with van der Waals surface area (Å²) < 4.78 is 0. The number of carbonyl (C=O) groups excluding carboxylic acids is 1. The summed E-state index contributed by atoms with van der Waals surface area (Å²) >= 11 is 0. The lowest BCUT2D eigenvalue weighted by molar-refractivity contribution is -0.117. The first kappa shape index (κ1) is 14.7. The summed E-state index contributed by atoms with van der Waals surface area (Å²) in [6, 6.07) is 0. The first-order chi connectivity index (χ1) is 7.61. The van der Waals surface area contributed by atoms with Crippen LogP contribution in [0.25, 0.3) is 0 Å². The Morgan fingerprint density at radius 2 is 1.94 bits per heavy atom. The van der Waals surface area contributed by atoms with Gasteiger partial charge in [0.25, 0.3) is 0 Å². The van der Waals surface area contributed by atoms with Gasteiger partial charge in [-0.2, -0.15) is 0 Å². The van der Waals surface area contributed by atoms with Crippen molar-refractivity contribution >= 4 is 5.91 Å². The number of carbonyl (C=O) groups is 1. The van der Waals surface area contributed by atoms with Crippen molar-refractivity contribution in [2.75, 3.05) is 6.54 Å². The van der Waals surface area contributed by atoms with Crippen LogP contribution in [-0.4, -0.2) is 12.5 Å². The van der Waals surface area contributed by atoms with E-state index in [1.54, 1.807) is 0 Å². The lowest BCUT2D eigenvalue weighted by Gasteiger charge is -2.03. The van der Waals surface area contributed by atoms with Crippen LogP contribution in [0.5, 0.6) is 0 Å². The van der Waals surface area contributed by atoms with Crippen molar-refractivity contribution in [3.05, 3.63) is 35.5 Å². The van der Waals surface area contributed by atoms with Gasteiger partial charge >= 0.3 is 0 Å². The Bertz CT molecular complexity index is 298. The lowest BCUT2D eigenvalue weighted by atomic mass is 10.1. The minimum atomic E-state index is 0.0139. The van der Waals surface area contributed by atoms with Crippen LogP contribution in [0.15, 0.2) is 35.5 Å². The van der Waals surface area contributed by atoms with Crippen molar-refractivity contribution in [1.29, 1.82) is 0 Å². The smallest absolute Gasteiger partial charge is 0.246 e. The molecule has 0 unspecified atom stereocenters. The minimum Gasteiger partial charge on any atom is -0.349 e. The SMILES string of the molecule is C/C=C/CC/C(C)=C/CNC(=O)/C(C)=C/C. The molecule has 0 aromatic carbocycles. The second-order valence-electron chi connectivity index (χ2n) is 3.84.